The molecule has 1 unspecified atom stereocenters. The molecule has 0 aromatic carbocycles. The van der Waals surface area contributed by atoms with Gasteiger partial charge in [-0.15, -0.1) is 0 Å². The van der Waals surface area contributed by atoms with Crippen molar-refractivity contribution in [3.05, 3.63) is 0 Å². The Kier molecular flexibility index (Phi) is 4.62. The van der Waals surface area contributed by atoms with Gasteiger partial charge in [-0.05, 0) is 62.1 Å². The Morgan fingerprint density at radius 1 is 1.05 bits per heavy atom. The van der Waals surface area contributed by atoms with E-state index in [0.29, 0.717) is 10.8 Å². The third-order valence-corrected chi connectivity index (χ3v) is 4.89. The van der Waals surface area contributed by atoms with Crippen molar-refractivity contribution in [3.8, 4) is 0 Å². The molecule has 1 atom stereocenters. The van der Waals surface area contributed by atoms with Crippen molar-refractivity contribution in [3.63, 3.8) is 0 Å². The summed E-state index contributed by atoms with van der Waals surface area (Å²) >= 11 is 0. The maximum absolute atomic E-state index is 3.57. The zero-order chi connectivity index (χ0) is 14.1. The third-order valence-electron chi connectivity index (χ3n) is 4.89. The van der Waals surface area contributed by atoms with Gasteiger partial charge >= 0.3 is 0 Å². The van der Waals surface area contributed by atoms with E-state index < -0.39 is 0 Å². The second kappa shape index (κ2) is 5.73. The summed E-state index contributed by atoms with van der Waals surface area (Å²) in [6.07, 6.45) is 5.46. The lowest BCUT2D eigenvalue weighted by atomic mass is 9.63. The van der Waals surface area contributed by atoms with E-state index in [0.717, 1.165) is 12.0 Å². The van der Waals surface area contributed by atoms with Gasteiger partial charge in [-0.25, -0.2) is 0 Å². The quantitative estimate of drug-likeness (QED) is 0.781. The highest BCUT2D eigenvalue weighted by Crippen LogP contribution is 2.47. The average Bonchev–Trinajstić information content (AvgIpc) is 2.18. The number of nitrogens with zero attached hydrogens (tertiary/aromatic N) is 1. The maximum atomic E-state index is 3.57. The largest absolute Gasteiger partial charge is 0.316 e. The third kappa shape index (κ3) is 4.46. The molecular weight excluding hydrogens is 232 g/mol. The van der Waals surface area contributed by atoms with Gasteiger partial charge in [0.2, 0.25) is 0 Å². The highest BCUT2D eigenvalue weighted by Gasteiger charge is 2.40. The van der Waals surface area contributed by atoms with Gasteiger partial charge in [0.05, 0.1) is 0 Å². The van der Waals surface area contributed by atoms with Crippen molar-refractivity contribution in [2.24, 2.45) is 16.7 Å². The molecule has 0 radical (unpaired) electrons. The first kappa shape index (κ1) is 15.3. The van der Waals surface area contributed by atoms with Crippen molar-refractivity contribution in [2.75, 3.05) is 26.2 Å². The van der Waals surface area contributed by atoms with E-state index in [1.165, 1.54) is 51.9 Å². The van der Waals surface area contributed by atoms with E-state index in [2.05, 4.69) is 44.8 Å². The van der Waals surface area contributed by atoms with Gasteiger partial charge in [0.15, 0.2) is 0 Å². The smallest absolute Gasteiger partial charge is 0.0106 e. The van der Waals surface area contributed by atoms with E-state index in [1.54, 1.807) is 0 Å². The summed E-state index contributed by atoms with van der Waals surface area (Å²) < 4.78 is 0. The van der Waals surface area contributed by atoms with Crippen molar-refractivity contribution in [1.29, 1.82) is 0 Å². The Labute approximate surface area is 120 Å². The topological polar surface area (TPSA) is 15.3 Å². The molecule has 0 aromatic rings. The minimum atomic E-state index is 0.510. The molecule has 1 aliphatic heterocycles. The number of rotatable bonds is 1. The van der Waals surface area contributed by atoms with Crippen LogP contribution in [0.1, 0.15) is 60.3 Å². The van der Waals surface area contributed by atoms with Gasteiger partial charge in [0.1, 0.15) is 0 Å². The second-order valence-corrected chi connectivity index (χ2v) is 8.73. The van der Waals surface area contributed by atoms with Crippen LogP contribution in [0, 0.1) is 16.7 Å². The molecule has 0 amide bonds. The Morgan fingerprint density at radius 2 is 1.68 bits per heavy atom. The second-order valence-electron chi connectivity index (χ2n) is 8.73. The van der Waals surface area contributed by atoms with Gasteiger partial charge in [0.25, 0.3) is 0 Å². The van der Waals surface area contributed by atoms with E-state index >= 15 is 0 Å². The first-order chi connectivity index (χ1) is 8.77. The van der Waals surface area contributed by atoms with Crippen molar-refractivity contribution in [2.45, 2.75) is 66.3 Å². The number of hydrogen-bond acceptors (Lipinski definition) is 2. The molecule has 0 aromatic heterocycles. The molecule has 0 bridgehead atoms. The predicted molar refractivity (Wildman–Crippen MR) is 83.4 cm³/mol. The van der Waals surface area contributed by atoms with Crippen LogP contribution in [0.4, 0.5) is 0 Å². The Balaban J connectivity index is 2.05. The zero-order valence-electron chi connectivity index (χ0n) is 13.8. The Hall–Kier alpha value is -0.0800. The molecule has 2 aliphatic rings. The van der Waals surface area contributed by atoms with Gasteiger partial charge in [-0.2, -0.15) is 0 Å². The fraction of sp³-hybridized carbons (Fsp3) is 1.00. The van der Waals surface area contributed by atoms with Crippen LogP contribution in [-0.2, 0) is 0 Å². The van der Waals surface area contributed by atoms with Crippen molar-refractivity contribution < 1.29 is 0 Å². The molecule has 19 heavy (non-hydrogen) atoms. The molecule has 112 valence electrons. The lowest BCUT2D eigenvalue weighted by molar-refractivity contribution is 0.0160. The molecule has 2 rings (SSSR count). The highest BCUT2D eigenvalue weighted by atomic mass is 15.2. The normalized spacial score (nSPS) is 33.6. The number of hydrogen-bond donors (Lipinski definition) is 1. The van der Waals surface area contributed by atoms with Crippen LogP contribution >= 0.6 is 0 Å². The van der Waals surface area contributed by atoms with Crippen LogP contribution in [0.2, 0.25) is 0 Å². The van der Waals surface area contributed by atoms with Crippen molar-refractivity contribution in [1.82, 2.24) is 10.2 Å². The monoisotopic (exact) mass is 266 g/mol. The van der Waals surface area contributed by atoms with Crippen LogP contribution in [-0.4, -0.2) is 37.1 Å². The van der Waals surface area contributed by atoms with E-state index in [-0.39, 0.29) is 0 Å². The Bertz CT molecular complexity index is 280. The fourth-order valence-corrected chi connectivity index (χ4v) is 4.69. The molecule has 2 fully saturated rings. The molecule has 0 spiro atoms. The standard InChI is InChI=1S/C17H34N2/c1-14-11-18-7-6-8-19(12-14)15-9-16(2,3)13-17(4,5)10-15/h14-15,18H,6-13H2,1-5H3. The summed E-state index contributed by atoms with van der Waals surface area (Å²) in [5.41, 5.74) is 1.02. The summed E-state index contributed by atoms with van der Waals surface area (Å²) in [5.74, 6) is 0.786. The summed E-state index contributed by atoms with van der Waals surface area (Å²) in [6.45, 7) is 17.2. The number of nitrogens with one attached hydrogen (secondary N) is 1. The lowest BCUT2D eigenvalue weighted by Gasteiger charge is -2.49. The molecule has 1 saturated carbocycles. The first-order valence-electron chi connectivity index (χ1n) is 8.22. The molecule has 1 N–H and O–H groups in total. The van der Waals surface area contributed by atoms with E-state index in [4.69, 9.17) is 0 Å². The molecule has 2 nitrogen and oxygen atoms in total. The first-order valence-corrected chi connectivity index (χ1v) is 8.22. The molecule has 1 heterocycles. The van der Waals surface area contributed by atoms with Gasteiger partial charge < -0.3 is 5.32 Å². The summed E-state index contributed by atoms with van der Waals surface area (Å²) in [6, 6.07) is 0.805. The van der Waals surface area contributed by atoms with E-state index in [9.17, 15) is 0 Å². The molecule has 2 heteroatoms. The van der Waals surface area contributed by atoms with Crippen LogP contribution in [0.3, 0.4) is 0 Å². The van der Waals surface area contributed by atoms with E-state index in [1.807, 2.05) is 0 Å². The van der Waals surface area contributed by atoms with Crippen LogP contribution in [0.5, 0.6) is 0 Å². The maximum Gasteiger partial charge on any atom is 0.0106 e. The van der Waals surface area contributed by atoms with Gasteiger partial charge in [-0.1, -0.05) is 34.6 Å². The fourth-order valence-electron chi connectivity index (χ4n) is 4.69. The lowest BCUT2D eigenvalue weighted by Crippen LogP contribution is -2.50. The summed E-state index contributed by atoms with van der Waals surface area (Å²) in [4.78, 5) is 2.81. The van der Waals surface area contributed by atoms with Crippen molar-refractivity contribution >= 4 is 0 Å². The summed E-state index contributed by atoms with van der Waals surface area (Å²) in [7, 11) is 0. The van der Waals surface area contributed by atoms with Crippen LogP contribution in [0.25, 0.3) is 0 Å². The SMILES string of the molecule is CC1CNCCCN(C2CC(C)(C)CC(C)(C)C2)C1. The predicted octanol–water partition coefficient (Wildman–Crippen LogP) is 3.52. The minimum Gasteiger partial charge on any atom is -0.316 e. The van der Waals surface area contributed by atoms with Gasteiger partial charge in [-0.3, -0.25) is 4.90 Å². The minimum absolute atomic E-state index is 0.510. The van der Waals surface area contributed by atoms with Crippen LogP contribution < -0.4 is 5.32 Å². The molecular formula is C17H34N2. The molecule has 1 saturated heterocycles. The summed E-state index contributed by atoms with van der Waals surface area (Å²) in [5, 5.41) is 3.57. The van der Waals surface area contributed by atoms with Crippen LogP contribution in [0.15, 0.2) is 0 Å². The average molecular weight is 266 g/mol. The Morgan fingerprint density at radius 3 is 2.32 bits per heavy atom. The van der Waals surface area contributed by atoms with Gasteiger partial charge in [0, 0.05) is 12.6 Å². The highest BCUT2D eigenvalue weighted by molar-refractivity contribution is 4.93. The molecule has 1 aliphatic carbocycles. The zero-order valence-corrected chi connectivity index (χ0v) is 13.8.